The number of anilines is 1. The third kappa shape index (κ3) is 7.42. The maximum atomic E-state index is 13.2. The average Bonchev–Trinajstić information content (AvgIpc) is 3.25. The van der Waals surface area contributed by atoms with E-state index in [1.807, 2.05) is 74.4 Å². The van der Waals surface area contributed by atoms with Gasteiger partial charge in [-0.25, -0.2) is 4.68 Å². The Morgan fingerprint density at radius 3 is 2.31 bits per heavy atom. The molecule has 0 aliphatic heterocycles. The van der Waals surface area contributed by atoms with Crippen molar-refractivity contribution >= 4 is 17.6 Å². The van der Waals surface area contributed by atoms with Crippen LogP contribution in [0.25, 0.3) is 5.69 Å². The number of amides is 2. The summed E-state index contributed by atoms with van der Waals surface area (Å²) >= 11 is 0. The van der Waals surface area contributed by atoms with Crippen LogP contribution in [0.3, 0.4) is 0 Å². The van der Waals surface area contributed by atoms with Gasteiger partial charge in [-0.3, -0.25) is 9.59 Å². The van der Waals surface area contributed by atoms with Gasteiger partial charge in [-0.1, -0.05) is 57.2 Å². The predicted molar refractivity (Wildman–Crippen MR) is 143 cm³/mol. The van der Waals surface area contributed by atoms with Crippen LogP contribution in [-0.4, -0.2) is 71.7 Å². The van der Waals surface area contributed by atoms with E-state index in [0.717, 1.165) is 16.9 Å². The van der Waals surface area contributed by atoms with Crippen molar-refractivity contribution in [2.75, 3.05) is 45.7 Å². The van der Waals surface area contributed by atoms with Crippen molar-refractivity contribution in [3.63, 3.8) is 0 Å². The lowest BCUT2D eigenvalue weighted by molar-refractivity contribution is -0.136. The molecule has 0 bridgehead atoms. The van der Waals surface area contributed by atoms with Crippen LogP contribution in [0.2, 0.25) is 0 Å². The Morgan fingerprint density at radius 2 is 1.67 bits per heavy atom. The van der Waals surface area contributed by atoms with E-state index in [4.69, 9.17) is 9.84 Å². The minimum atomic E-state index is -0.294. The van der Waals surface area contributed by atoms with Gasteiger partial charge in [-0.15, -0.1) is 0 Å². The van der Waals surface area contributed by atoms with Crippen LogP contribution in [0.5, 0.6) is 5.75 Å². The highest BCUT2D eigenvalue weighted by Crippen LogP contribution is 2.27. The van der Waals surface area contributed by atoms with Crippen molar-refractivity contribution in [3.05, 3.63) is 71.9 Å². The molecule has 0 radical (unpaired) electrons. The second kappa shape index (κ2) is 11.9. The summed E-state index contributed by atoms with van der Waals surface area (Å²) in [4.78, 5) is 29.6. The number of likely N-dealkylation sites (N-methyl/N-ethyl adjacent to an activating group) is 1. The number of benzene rings is 2. The van der Waals surface area contributed by atoms with E-state index < -0.39 is 0 Å². The molecule has 192 valence electrons. The highest BCUT2D eigenvalue weighted by molar-refractivity contribution is 5.94. The van der Waals surface area contributed by atoms with Gasteiger partial charge in [0, 0.05) is 24.6 Å². The SMILES string of the molecule is Cc1ccccc1-n1nc(C(C)(C)C)cc1NC(=O)CN(CCN(C)C)C(=O)COc1ccccc1. The van der Waals surface area contributed by atoms with Crippen LogP contribution in [0.4, 0.5) is 5.82 Å². The van der Waals surface area contributed by atoms with E-state index >= 15 is 0 Å². The molecule has 0 saturated heterocycles. The number of aryl methyl sites for hydroxylation is 1. The maximum absolute atomic E-state index is 13.2. The molecule has 1 aromatic heterocycles. The number of carbonyl (C=O) groups is 2. The fourth-order valence-electron chi connectivity index (χ4n) is 3.54. The smallest absolute Gasteiger partial charge is 0.261 e. The van der Waals surface area contributed by atoms with Gasteiger partial charge in [-0.2, -0.15) is 5.10 Å². The van der Waals surface area contributed by atoms with Crippen LogP contribution in [0, 0.1) is 6.92 Å². The number of rotatable bonds is 10. The Hall–Kier alpha value is -3.65. The number of para-hydroxylation sites is 2. The summed E-state index contributed by atoms with van der Waals surface area (Å²) in [5, 5.41) is 7.79. The lowest BCUT2D eigenvalue weighted by Crippen LogP contribution is -2.43. The zero-order valence-corrected chi connectivity index (χ0v) is 22.1. The Balaban J connectivity index is 1.78. The molecule has 0 saturated carbocycles. The van der Waals surface area contributed by atoms with Crippen molar-refractivity contribution in [1.29, 1.82) is 0 Å². The van der Waals surface area contributed by atoms with Gasteiger partial charge in [0.2, 0.25) is 5.91 Å². The summed E-state index contributed by atoms with van der Waals surface area (Å²) in [6.45, 7) is 9.05. The first kappa shape index (κ1) is 26.9. The van der Waals surface area contributed by atoms with Crippen molar-refractivity contribution < 1.29 is 14.3 Å². The van der Waals surface area contributed by atoms with Gasteiger partial charge in [0.25, 0.3) is 5.91 Å². The highest BCUT2D eigenvalue weighted by Gasteiger charge is 2.23. The minimum absolute atomic E-state index is 0.0887. The number of nitrogens with zero attached hydrogens (tertiary/aromatic N) is 4. The number of ether oxygens (including phenoxy) is 1. The maximum Gasteiger partial charge on any atom is 0.261 e. The molecule has 8 nitrogen and oxygen atoms in total. The van der Waals surface area contributed by atoms with E-state index in [-0.39, 0.29) is 30.4 Å². The van der Waals surface area contributed by atoms with Crippen molar-refractivity contribution in [1.82, 2.24) is 19.6 Å². The zero-order chi connectivity index (χ0) is 26.3. The number of hydrogen-bond donors (Lipinski definition) is 1. The molecule has 3 rings (SSSR count). The molecule has 36 heavy (non-hydrogen) atoms. The molecule has 1 N–H and O–H groups in total. The van der Waals surface area contributed by atoms with Crippen LogP contribution in [0.15, 0.2) is 60.7 Å². The topological polar surface area (TPSA) is 79.7 Å². The largest absolute Gasteiger partial charge is 0.484 e. The fourth-order valence-corrected chi connectivity index (χ4v) is 3.54. The standard InChI is InChI=1S/C28H37N5O3/c1-21-12-10-11-15-23(21)33-25(18-24(30-33)28(2,3)4)29-26(34)19-32(17-16-31(5)6)27(35)20-36-22-13-8-7-9-14-22/h7-15,18H,16-17,19-20H2,1-6H3,(H,29,34). The summed E-state index contributed by atoms with van der Waals surface area (Å²) in [7, 11) is 3.86. The van der Waals surface area contributed by atoms with E-state index in [9.17, 15) is 9.59 Å². The monoisotopic (exact) mass is 491 g/mol. The third-order valence-electron chi connectivity index (χ3n) is 5.70. The van der Waals surface area contributed by atoms with E-state index in [0.29, 0.717) is 24.7 Å². The lowest BCUT2D eigenvalue weighted by Gasteiger charge is -2.24. The Morgan fingerprint density at radius 1 is 1.00 bits per heavy atom. The van der Waals surface area contributed by atoms with Gasteiger partial charge in [0.15, 0.2) is 6.61 Å². The van der Waals surface area contributed by atoms with Crippen LogP contribution >= 0.6 is 0 Å². The molecule has 0 atom stereocenters. The first-order valence-electron chi connectivity index (χ1n) is 12.1. The molecular formula is C28H37N5O3. The molecule has 2 aromatic carbocycles. The summed E-state index contributed by atoms with van der Waals surface area (Å²) in [6.07, 6.45) is 0. The van der Waals surface area contributed by atoms with Gasteiger partial charge < -0.3 is 19.9 Å². The zero-order valence-electron chi connectivity index (χ0n) is 22.1. The molecule has 1 heterocycles. The molecule has 2 amide bonds. The summed E-state index contributed by atoms with van der Waals surface area (Å²) in [6, 6.07) is 19.0. The molecule has 3 aromatic rings. The van der Waals surface area contributed by atoms with Gasteiger partial charge in [0.1, 0.15) is 18.1 Å². The molecule has 0 spiro atoms. The summed E-state index contributed by atoms with van der Waals surface area (Å²) < 4.78 is 7.40. The third-order valence-corrected chi connectivity index (χ3v) is 5.70. The molecule has 0 aliphatic carbocycles. The summed E-state index contributed by atoms with van der Waals surface area (Å²) in [5.74, 6) is 0.634. The van der Waals surface area contributed by atoms with E-state index in [2.05, 4.69) is 26.1 Å². The van der Waals surface area contributed by atoms with E-state index in [1.54, 1.807) is 16.8 Å². The Kier molecular flexibility index (Phi) is 8.88. The van der Waals surface area contributed by atoms with E-state index in [1.165, 1.54) is 4.90 Å². The first-order valence-corrected chi connectivity index (χ1v) is 12.1. The van der Waals surface area contributed by atoms with Crippen molar-refractivity contribution in [3.8, 4) is 11.4 Å². The first-order chi connectivity index (χ1) is 17.0. The predicted octanol–water partition coefficient (Wildman–Crippen LogP) is 3.89. The molecule has 0 unspecified atom stereocenters. The quantitative estimate of drug-likeness (QED) is 0.466. The second-order valence-electron chi connectivity index (χ2n) is 10.1. The van der Waals surface area contributed by atoms with Crippen LogP contribution < -0.4 is 10.1 Å². The molecule has 8 heteroatoms. The highest BCUT2D eigenvalue weighted by atomic mass is 16.5. The lowest BCUT2D eigenvalue weighted by atomic mass is 9.92. The number of nitrogens with one attached hydrogen (secondary N) is 1. The number of aromatic nitrogens is 2. The number of carbonyl (C=O) groups excluding carboxylic acids is 2. The molecule has 0 aliphatic rings. The van der Waals surface area contributed by atoms with Crippen molar-refractivity contribution in [2.24, 2.45) is 0 Å². The van der Waals surface area contributed by atoms with Gasteiger partial charge in [0.05, 0.1) is 11.4 Å². The minimum Gasteiger partial charge on any atom is -0.484 e. The fraction of sp³-hybridized carbons (Fsp3) is 0.393. The second-order valence-corrected chi connectivity index (χ2v) is 10.1. The Labute approximate surface area is 213 Å². The average molecular weight is 492 g/mol. The summed E-state index contributed by atoms with van der Waals surface area (Å²) in [5.41, 5.74) is 2.59. The van der Waals surface area contributed by atoms with Crippen LogP contribution in [0.1, 0.15) is 32.0 Å². The normalized spacial score (nSPS) is 11.4. The van der Waals surface area contributed by atoms with Crippen LogP contribution in [-0.2, 0) is 15.0 Å². The van der Waals surface area contributed by atoms with Gasteiger partial charge in [-0.05, 0) is 44.8 Å². The van der Waals surface area contributed by atoms with Gasteiger partial charge >= 0.3 is 0 Å². The molecular weight excluding hydrogens is 454 g/mol. The number of hydrogen-bond acceptors (Lipinski definition) is 5. The van der Waals surface area contributed by atoms with Crippen molar-refractivity contribution in [2.45, 2.75) is 33.1 Å². The Bertz CT molecular complexity index is 1170. The molecule has 0 fully saturated rings.